The van der Waals surface area contributed by atoms with Gasteiger partial charge in [0, 0.05) is 42.9 Å². The van der Waals surface area contributed by atoms with Crippen molar-refractivity contribution in [3.8, 4) is 45.3 Å². The minimum absolute atomic E-state index is 0.646. The van der Waals surface area contributed by atoms with Crippen LogP contribution in [0.15, 0.2) is 182 Å². The first kappa shape index (κ1) is 30.7. The Morgan fingerprint density at radius 2 is 0.926 bits per heavy atom. The summed E-state index contributed by atoms with van der Waals surface area (Å²) < 4.78 is 4.95. The van der Waals surface area contributed by atoms with Crippen LogP contribution >= 0.6 is 11.3 Å². The number of fused-ring (bicyclic) bond motifs is 9. The third kappa shape index (κ3) is 4.86. The lowest BCUT2D eigenvalue weighted by atomic mass is 9.99. The van der Waals surface area contributed by atoms with Crippen molar-refractivity contribution in [1.82, 2.24) is 19.4 Å². The number of hydrogen-bond acceptors (Lipinski definition) is 4. The molecule has 0 spiro atoms. The van der Waals surface area contributed by atoms with Crippen LogP contribution in [0.25, 0.3) is 104 Å². The van der Waals surface area contributed by atoms with Crippen LogP contribution in [-0.2, 0) is 0 Å². The first-order valence-corrected chi connectivity index (χ1v) is 18.9. The number of hydrogen-bond donors (Lipinski definition) is 0. The van der Waals surface area contributed by atoms with Crippen LogP contribution in [0.1, 0.15) is 0 Å². The average Bonchev–Trinajstić information content (AvgIpc) is 3.59. The van der Waals surface area contributed by atoms with E-state index in [9.17, 15) is 0 Å². The molecule has 5 heteroatoms. The molecule has 0 aliphatic carbocycles. The molecule has 0 bridgehead atoms. The van der Waals surface area contributed by atoms with Gasteiger partial charge in [-0.05, 0) is 40.1 Å². The van der Waals surface area contributed by atoms with Gasteiger partial charge in [0.1, 0.15) is 0 Å². The van der Waals surface area contributed by atoms with E-state index in [0.29, 0.717) is 17.5 Å². The number of aromatic nitrogens is 4. The Morgan fingerprint density at radius 1 is 0.370 bits per heavy atom. The Kier molecular flexibility index (Phi) is 7.00. The molecule has 11 aromatic rings. The van der Waals surface area contributed by atoms with E-state index in [1.165, 1.54) is 63.8 Å². The molecule has 11 rings (SSSR count). The van der Waals surface area contributed by atoms with Crippen molar-refractivity contribution in [3.05, 3.63) is 182 Å². The summed E-state index contributed by atoms with van der Waals surface area (Å²) in [7, 11) is 0. The first-order chi connectivity index (χ1) is 26.8. The summed E-state index contributed by atoms with van der Waals surface area (Å²) in [6.45, 7) is 0. The molecule has 3 aromatic heterocycles. The fourth-order valence-electron chi connectivity index (χ4n) is 7.96. The third-order valence-corrected chi connectivity index (χ3v) is 11.7. The number of para-hydroxylation sites is 2. The highest BCUT2D eigenvalue weighted by atomic mass is 32.1. The van der Waals surface area contributed by atoms with Gasteiger partial charge in [-0.25, -0.2) is 15.0 Å². The van der Waals surface area contributed by atoms with Gasteiger partial charge in [0.25, 0.3) is 0 Å². The Balaban J connectivity index is 1.14. The van der Waals surface area contributed by atoms with Crippen LogP contribution < -0.4 is 0 Å². The van der Waals surface area contributed by atoms with Gasteiger partial charge < -0.3 is 4.40 Å². The summed E-state index contributed by atoms with van der Waals surface area (Å²) in [5.41, 5.74) is 8.84. The van der Waals surface area contributed by atoms with E-state index in [2.05, 4.69) is 126 Å². The molecule has 0 fully saturated rings. The number of rotatable bonds is 4. The van der Waals surface area contributed by atoms with Crippen LogP contribution in [0, 0.1) is 0 Å². The molecular weight excluding hydrogens is 677 g/mol. The summed E-state index contributed by atoms with van der Waals surface area (Å²) in [5.74, 6) is 1.96. The largest absolute Gasteiger partial charge is 0.307 e. The predicted octanol–water partition coefficient (Wildman–Crippen LogP) is 13.2. The lowest BCUT2D eigenvalue weighted by Crippen LogP contribution is -2.00. The summed E-state index contributed by atoms with van der Waals surface area (Å²) in [5, 5.41) is 7.55. The van der Waals surface area contributed by atoms with Gasteiger partial charge in [-0.1, -0.05) is 164 Å². The monoisotopic (exact) mass is 706 g/mol. The zero-order valence-electron chi connectivity index (χ0n) is 29.0. The second-order valence-electron chi connectivity index (χ2n) is 13.6. The number of nitrogens with zero attached hydrogens (tertiary/aromatic N) is 4. The Labute approximate surface area is 315 Å². The second-order valence-corrected chi connectivity index (χ2v) is 14.6. The van der Waals surface area contributed by atoms with Crippen molar-refractivity contribution in [2.45, 2.75) is 0 Å². The minimum atomic E-state index is 0.646. The van der Waals surface area contributed by atoms with Crippen molar-refractivity contribution >= 4 is 69.6 Å². The highest BCUT2D eigenvalue weighted by Crippen LogP contribution is 2.43. The topological polar surface area (TPSA) is 43.1 Å². The summed E-state index contributed by atoms with van der Waals surface area (Å²) in [6, 6.07) is 64.5. The smallest absolute Gasteiger partial charge is 0.164 e. The van der Waals surface area contributed by atoms with Crippen molar-refractivity contribution in [1.29, 1.82) is 0 Å². The molecular formula is C49H30N4S. The van der Waals surface area contributed by atoms with E-state index in [4.69, 9.17) is 15.0 Å². The van der Waals surface area contributed by atoms with Gasteiger partial charge in [0.15, 0.2) is 17.5 Å². The van der Waals surface area contributed by atoms with E-state index in [-0.39, 0.29) is 0 Å². The Hall–Kier alpha value is -6.95. The lowest BCUT2D eigenvalue weighted by molar-refractivity contribution is 1.07. The summed E-state index contributed by atoms with van der Waals surface area (Å²) in [4.78, 5) is 14.8. The molecule has 4 nitrogen and oxygen atoms in total. The zero-order chi connectivity index (χ0) is 35.6. The Morgan fingerprint density at radius 3 is 1.67 bits per heavy atom. The predicted molar refractivity (Wildman–Crippen MR) is 227 cm³/mol. The van der Waals surface area contributed by atoms with Gasteiger partial charge in [0.2, 0.25) is 0 Å². The molecule has 0 unspecified atom stereocenters. The molecule has 0 amide bonds. The fraction of sp³-hybridized carbons (Fsp3) is 0. The molecule has 0 saturated heterocycles. The molecule has 0 aliphatic heterocycles. The van der Waals surface area contributed by atoms with Crippen LogP contribution in [0.5, 0.6) is 0 Å². The quantitative estimate of drug-likeness (QED) is 0.183. The third-order valence-electron chi connectivity index (χ3n) is 10.5. The van der Waals surface area contributed by atoms with E-state index < -0.39 is 0 Å². The molecule has 8 aromatic carbocycles. The summed E-state index contributed by atoms with van der Waals surface area (Å²) in [6.07, 6.45) is 0. The van der Waals surface area contributed by atoms with E-state index >= 15 is 0 Å². The van der Waals surface area contributed by atoms with Gasteiger partial charge >= 0.3 is 0 Å². The van der Waals surface area contributed by atoms with Crippen molar-refractivity contribution in [2.24, 2.45) is 0 Å². The highest BCUT2D eigenvalue weighted by Gasteiger charge is 2.18. The molecule has 0 radical (unpaired) electrons. The maximum atomic E-state index is 4.97. The van der Waals surface area contributed by atoms with Gasteiger partial charge in [-0.2, -0.15) is 0 Å². The SMILES string of the molecule is c1ccc(-c2nc(-c3ccccc3)nc(-c3ccc(-c4cccc5c4sc4ccccc4n4c6ccc7ccccc7c6c6cccc5c64)cc3)n2)cc1. The van der Waals surface area contributed by atoms with Gasteiger partial charge in [-0.3, -0.25) is 0 Å². The molecule has 0 aliphatic rings. The van der Waals surface area contributed by atoms with Crippen molar-refractivity contribution in [3.63, 3.8) is 0 Å². The fourth-order valence-corrected chi connectivity index (χ4v) is 9.18. The average molecular weight is 707 g/mol. The van der Waals surface area contributed by atoms with Gasteiger partial charge in [-0.15, -0.1) is 11.3 Å². The van der Waals surface area contributed by atoms with Gasteiger partial charge in [0.05, 0.1) is 21.3 Å². The standard InChI is InChI=1S/C49H30N4S/c1-3-14-33(15-4-1)47-50-48(34-16-5-2-6-17-34)52-49(51-47)35-27-25-32(26-28-35)37-19-11-21-39-38-20-12-22-40-44-36-18-8-7-13-31(36)29-30-42(44)53(45(38)40)41-23-9-10-24-43(41)54-46(37)39/h1-30H. The van der Waals surface area contributed by atoms with E-state index in [0.717, 1.165) is 22.3 Å². The molecule has 252 valence electrons. The maximum absolute atomic E-state index is 4.97. The van der Waals surface area contributed by atoms with E-state index in [1.54, 1.807) is 0 Å². The second kappa shape index (κ2) is 12.3. The normalized spacial score (nSPS) is 11.7. The van der Waals surface area contributed by atoms with Crippen LogP contribution in [-0.4, -0.2) is 19.4 Å². The first-order valence-electron chi connectivity index (χ1n) is 18.1. The highest BCUT2D eigenvalue weighted by molar-refractivity contribution is 7.24. The van der Waals surface area contributed by atoms with Crippen molar-refractivity contribution in [2.75, 3.05) is 0 Å². The van der Waals surface area contributed by atoms with Crippen LogP contribution in [0.4, 0.5) is 0 Å². The van der Waals surface area contributed by atoms with Crippen LogP contribution in [0.2, 0.25) is 0 Å². The van der Waals surface area contributed by atoms with Crippen LogP contribution in [0.3, 0.4) is 0 Å². The maximum Gasteiger partial charge on any atom is 0.164 e. The molecule has 0 saturated carbocycles. The Bertz CT molecular complexity index is 3200. The number of benzene rings is 8. The molecule has 0 atom stereocenters. The minimum Gasteiger partial charge on any atom is -0.307 e. The van der Waals surface area contributed by atoms with Crippen molar-refractivity contribution < 1.29 is 0 Å². The molecule has 0 N–H and O–H groups in total. The van der Waals surface area contributed by atoms with E-state index in [1.807, 2.05) is 72.0 Å². The zero-order valence-corrected chi connectivity index (χ0v) is 29.8. The molecule has 54 heavy (non-hydrogen) atoms. The lowest BCUT2D eigenvalue weighted by Gasteiger charge is -2.11. The molecule has 3 heterocycles. The summed E-state index contributed by atoms with van der Waals surface area (Å²) >= 11 is 1.85.